The van der Waals surface area contributed by atoms with Crippen LogP contribution in [0.3, 0.4) is 0 Å². The van der Waals surface area contributed by atoms with Crippen molar-refractivity contribution in [2.45, 2.75) is 40.0 Å². The second-order valence-electron chi connectivity index (χ2n) is 4.76. The molecule has 1 rings (SSSR count). The maximum absolute atomic E-state index is 12.0. The van der Waals surface area contributed by atoms with Crippen molar-refractivity contribution in [1.82, 2.24) is 4.90 Å². The minimum absolute atomic E-state index is 0.303. The van der Waals surface area contributed by atoms with Crippen molar-refractivity contribution in [2.75, 3.05) is 13.1 Å². The topological polar surface area (TPSA) is 20.3 Å². The molecule has 17 heavy (non-hydrogen) atoms. The normalized spacial score (nSPS) is 10.8. The molecule has 96 valence electrons. The van der Waals surface area contributed by atoms with Gasteiger partial charge in [-0.3, -0.25) is 4.79 Å². The zero-order chi connectivity index (χ0) is 12.7. The van der Waals surface area contributed by atoms with Crippen molar-refractivity contribution in [3.63, 3.8) is 0 Å². The lowest BCUT2D eigenvalue weighted by Gasteiger charge is -2.22. The average molecular weight is 253 g/mol. The standard InChI is InChI=1S/C14H23NOS/c1-4-15(11-12(2)3)14(16)9-5-7-13-8-6-10-17-13/h6,8,10,12H,4-5,7,9,11H2,1-3H3. The van der Waals surface area contributed by atoms with Crippen LogP contribution in [0.4, 0.5) is 0 Å². The summed E-state index contributed by atoms with van der Waals surface area (Å²) in [7, 11) is 0. The highest BCUT2D eigenvalue weighted by Gasteiger charge is 2.12. The molecule has 0 fully saturated rings. The lowest BCUT2D eigenvalue weighted by Crippen LogP contribution is -2.33. The lowest BCUT2D eigenvalue weighted by atomic mass is 10.1. The molecule has 0 aromatic carbocycles. The minimum atomic E-state index is 0.303. The van der Waals surface area contributed by atoms with Crippen LogP contribution in [-0.4, -0.2) is 23.9 Å². The van der Waals surface area contributed by atoms with Gasteiger partial charge in [0.2, 0.25) is 5.91 Å². The third-order valence-electron chi connectivity index (χ3n) is 2.71. The van der Waals surface area contributed by atoms with Crippen LogP contribution in [0.5, 0.6) is 0 Å². The van der Waals surface area contributed by atoms with Crippen molar-refractivity contribution in [2.24, 2.45) is 5.92 Å². The van der Waals surface area contributed by atoms with Gasteiger partial charge in [0.05, 0.1) is 0 Å². The maximum Gasteiger partial charge on any atom is 0.222 e. The van der Waals surface area contributed by atoms with Gasteiger partial charge in [-0.1, -0.05) is 19.9 Å². The van der Waals surface area contributed by atoms with Crippen molar-refractivity contribution in [3.8, 4) is 0 Å². The van der Waals surface area contributed by atoms with Crippen LogP contribution >= 0.6 is 11.3 Å². The molecule has 0 aliphatic rings. The number of hydrogen-bond donors (Lipinski definition) is 0. The van der Waals surface area contributed by atoms with Crippen molar-refractivity contribution in [3.05, 3.63) is 22.4 Å². The Morgan fingerprint density at radius 2 is 2.24 bits per heavy atom. The van der Waals surface area contributed by atoms with E-state index in [1.54, 1.807) is 11.3 Å². The first-order chi connectivity index (χ1) is 8.13. The number of aryl methyl sites for hydroxylation is 1. The highest BCUT2D eigenvalue weighted by molar-refractivity contribution is 7.09. The van der Waals surface area contributed by atoms with E-state index >= 15 is 0 Å². The second-order valence-corrected chi connectivity index (χ2v) is 5.79. The Morgan fingerprint density at radius 1 is 1.47 bits per heavy atom. The Morgan fingerprint density at radius 3 is 2.76 bits per heavy atom. The summed E-state index contributed by atoms with van der Waals surface area (Å²) in [5, 5.41) is 2.09. The van der Waals surface area contributed by atoms with Crippen molar-refractivity contribution < 1.29 is 4.79 Å². The molecule has 1 aromatic heterocycles. The van der Waals surface area contributed by atoms with E-state index in [1.807, 2.05) is 4.90 Å². The highest BCUT2D eigenvalue weighted by Crippen LogP contribution is 2.12. The van der Waals surface area contributed by atoms with Gasteiger partial charge in [-0.15, -0.1) is 11.3 Å². The molecule has 1 aromatic rings. The smallest absolute Gasteiger partial charge is 0.222 e. The molecule has 0 saturated carbocycles. The van der Waals surface area contributed by atoms with Gasteiger partial charge in [0, 0.05) is 24.4 Å². The van der Waals surface area contributed by atoms with Crippen LogP contribution in [0.15, 0.2) is 17.5 Å². The molecular formula is C14H23NOS. The first-order valence-corrected chi connectivity index (χ1v) is 7.31. The maximum atomic E-state index is 12.0. The van der Waals surface area contributed by atoms with E-state index in [0.29, 0.717) is 18.2 Å². The van der Waals surface area contributed by atoms with Crippen LogP contribution in [-0.2, 0) is 11.2 Å². The van der Waals surface area contributed by atoms with Crippen molar-refractivity contribution in [1.29, 1.82) is 0 Å². The first kappa shape index (κ1) is 14.2. The molecular weight excluding hydrogens is 230 g/mol. The molecule has 3 heteroatoms. The zero-order valence-corrected chi connectivity index (χ0v) is 11.9. The van der Waals surface area contributed by atoms with Crippen LogP contribution in [0.2, 0.25) is 0 Å². The van der Waals surface area contributed by atoms with E-state index in [4.69, 9.17) is 0 Å². The predicted octanol–water partition coefficient (Wildman–Crippen LogP) is 3.58. The summed E-state index contributed by atoms with van der Waals surface area (Å²) in [6.07, 6.45) is 2.68. The zero-order valence-electron chi connectivity index (χ0n) is 11.1. The molecule has 1 heterocycles. The number of rotatable bonds is 7. The Kier molecular flexibility index (Phi) is 6.27. The van der Waals surface area contributed by atoms with E-state index < -0.39 is 0 Å². The third kappa shape index (κ3) is 5.35. The average Bonchev–Trinajstić information content (AvgIpc) is 2.78. The largest absolute Gasteiger partial charge is 0.343 e. The molecule has 0 atom stereocenters. The highest BCUT2D eigenvalue weighted by atomic mass is 32.1. The Bertz CT molecular complexity index is 319. The number of thiophene rings is 1. The molecule has 1 amide bonds. The van der Waals surface area contributed by atoms with E-state index in [1.165, 1.54) is 4.88 Å². The molecule has 0 bridgehead atoms. The Hall–Kier alpha value is -0.830. The summed E-state index contributed by atoms with van der Waals surface area (Å²) in [5.74, 6) is 0.856. The van der Waals surface area contributed by atoms with Gasteiger partial charge in [-0.2, -0.15) is 0 Å². The van der Waals surface area contributed by atoms with E-state index in [2.05, 4.69) is 38.3 Å². The van der Waals surface area contributed by atoms with Crippen LogP contribution in [0, 0.1) is 5.92 Å². The number of carbonyl (C=O) groups excluding carboxylic acids is 1. The van der Waals surface area contributed by atoms with E-state index in [-0.39, 0.29) is 0 Å². The summed E-state index contributed by atoms with van der Waals surface area (Å²) in [4.78, 5) is 15.3. The van der Waals surface area contributed by atoms with E-state index in [9.17, 15) is 4.79 Å². The fourth-order valence-electron chi connectivity index (χ4n) is 1.87. The lowest BCUT2D eigenvalue weighted by molar-refractivity contribution is -0.131. The van der Waals surface area contributed by atoms with Gasteiger partial charge in [-0.05, 0) is 37.1 Å². The fraction of sp³-hybridized carbons (Fsp3) is 0.643. The Labute approximate surface area is 109 Å². The van der Waals surface area contributed by atoms with Crippen LogP contribution in [0.1, 0.15) is 38.5 Å². The summed E-state index contributed by atoms with van der Waals surface area (Å²) < 4.78 is 0. The van der Waals surface area contributed by atoms with Gasteiger partial charge in [0.1, 0.15) is 0 Å². The van der Waals surface area contributed by atoms with Crippen molar-refractivity contribution >= 4 is 17.2 Å². The summed E-state index contributed by atoms with van der Waals surface area (Å²) in [5.41, 5.74) is 0. The first-order valence-electron chi connectivity index (χ1n) is 6.43. The number of amides is 1. The van der Waals surface area contributed by atoms with Gasteiger partial charge < -0.3 is 4.90 Å². The van der Waals surface area contributed by atoms with Gasteiger partial charge in [0.25, 0.3) is 0 Å². The fourth-order valence-corrected chi connectivity index (χ4v) is 2.63. The summed E-state index contributed by atoms with van der Waals surface area (Å²) >= 11 is 1.77. The van der Waals surface area contributed by atoms with E-state index in [0.717, 1.165) is 25.9 Å². The molecule has 0 N–H and O–H groups in total. The SMILES string of the molecule is CCN(CC(C)C)C(=O)CCCc1cccs1. The molecule has 0 aliphatic heterocycles. The third-order valence-corrected chi connectivity index (χ3v) is 3.65. The van der Waals surface area contributed by atoms with Gasteiger partial charge in [0.15, 0.2) is 0 Å². The summed E-state index contributed by atoms with van der Waals surface area (Å²) in [6.45, 7) is 8.08. The number of hydrogen-bond acceptors (Lipinski definition) is 2. The van der Waals surface area contributed by atoms with Gasteiger partial charge in [-0.25, -0.2) is 0 Å². The Balaban J connectivity index is 2.27. The number of carbonyl (C=O) groups is 1. The molecule has 0 unspecified atom stereocenters. The van der Waals surface area contributed by atoms with Crippen LogP contribution in [0.25, 0.3) is 0 Å². The van der Waals surface area contributed by atoms with Crippen LogP contribution < -0.4 is 0 Å². The monoisotopic (exact) mass is 253 g/mol. The summed E-state index contributed by atoms with van der Waals surface area (Å²) in [6, 6.07) is 4.21. The predicted molar refractivity (Wildman–Crippen MR) is 74.3 cm³/mol. The molecule has 0 aliphatic carbocycles. The minimum Gasteiger partial charge on any atom is -0.343 e. The second kappa shape index (κ2) is 7.49. The number of nitrogens with zero attached hydrogens (tertiary/aromatic N) is 1. The molecule has 2 nitrogen and oxygen atoms in total. The molecule has 0 spiro atoms. The quantitative estimate of drug-likeness (QED) is 0.727. The van der Waals surface area contributed by atoms with Gasteiger partial charge >= 0.3 is 0 Å². The molecule has 0 radical (unpaired) electrons. The molecule has 0 saturated heterocycles.